The van der Waals surface area contributed by atoms with E-state index in [1.54, 1.807) is 4.90 Å². The second-order valence-corrected chi connectivity index (χ2v) is 5.12. The van der Waals surface area contributed by atoms with Crippen LogP contribution in [0.3, 0.4) is 0 Å². The van der Waals surface area contributed by atoms with Gasteiger partial charge in [0.15, 0.2) is 0 Å². The van der Waals surface area contributed by atoms with Crippen LogP contribution in [-0.2, 0) is 6.54 Å². The van der Waals surface area contributed by atoms with E-state index in [0.717, 1.165) is 32.4 Å². The first-order valence-electron chi connectivity index (χ1n) is 7.03. The van der Waals surface area contributed by atoms with Gasteiger partial charge >= 0.3 is 6.03 Å². The van der Waals surface area contributed by atoms with Gasteiger partial charge in [0.05, 0.1) is 12.2 Å². The quantitative estimate of drug-likeness (QED) is 0.873. The number of piperidine rings is 1. The zero-order chi connectivity index (χ0) is 14.4. The monoisotopic (exact) mass is 352 g/mol. The van der Waals surface area contributed by atoms with E-state index >= 15 is 0 Å². The molecule has 1 aliphatic heterocycles. The van der Waals surface area contributed by atoms with Crippen LogP contribution >= 0.6 is 24.8 Å². The molecule has 0 aromatic carbocycles. The average Bonchev–Trinajstić information content (AvgIpc) is 2.47. The first-order valence-corrected chi connectivity index (χ1v) is 7.03. The minimum absolute atomic E-state index is 0. The van der Waals surface area contributed by atoms with Crippen LogP contribution in [0.25, 0.3) is 0 Å². The predicted molar refractivity (Wildman–Crippen MR) is 88.9 cm³/mol. The summed E-state index contributed by atoms with van der Waals surface area (Å²) in [4.78, 5) is 17.8. The summed E-state index contributed by atoms with van der Waals surface area (Å²) < 4.78 is 13.4. The van der Waals surface area contributed by atoms with E-state index < -0.39 is 5.82 Å². The predicted octanol–water partition coefficient (Wildman–Crippen LogP) is 2.33. The van der Waals surface area contributed by atoms with Crippen molar-refractivity contribution >= 4 is 30.8 Å². The maximum absolute atomic E-state index is 13.4. The van der Waals surface area contributed by atoms with Crippen LogP contribution in [0.15, 0.2) is 18.3 Å². The highest BCUT2D eigenvalue weighted by Gasteiger charge is 2.23. The van der Waals surface area contributed by atoms with Gasteiger partial charge in [-0.15, -0.1) is 24.8 Å². The van der Waals surface area contributed by atoms with Crippen LogP contribution in [0.4, 0.5) is 9.18 Å². The van der Waals surface area contributed by atoms with Gasteiger partial charge in [-0.25, -0.2) is 9.18 Å². The number of nitrogens with zero attached hydrogens (tertiary/aromatic N) is 2. The lowest BCUT2D eigenvalue weighted by Gasteiger charge is -2.32. The smallest absolute Gasteiger partial charge is 0.317 e. The minimum Gasteiger partial charge on any atom is -0.332 e. The van der Waals surface area contributed by atoms with Crippen LogP contribution in [0, 0.1) is 11.7 Å². The molecule has 1 saturated heterocycles. The fraction of sp³-hybridized carbons (Fsp3) is 0.571. The zero-order valence-corrected chi connectivity index (χ0v) is 14.0. The molecule has 22 heavy (non-hydrogen) atoms. The van der Waals surface area contributed by atoms with Crippen molar-refractivity contribution in [2.24, 2.45) is 11.7 Å². The number of urea groups is 1. The third-order valence-electron chi connectivity index (χ3n) is 3.62. The molecule has 0 radical (unpaired) electrons. The lowest BCUT2D eigenvalue weighted by molar-refractivity contribution is 0.162. The second kappa shape index (κ2) is 10.6. The standard InChI is InChI=1S/C14H21FN4O.2ClH/c15-12-4-1-7-17-13(12)9-18-14(20)19-8-2-3-11(10-19)5-6-16;;/h1,4,7,11H,2-3,5-6,8-10,16H2,(H,18,20);2*1H. The minimum atomic E-state index is -0.396. The molecule has 1 aliphatic rings. The molecule has 1 unspecified atom stereocenters. The Kier molecular flexibility index (Phi) is 10.1. The Hall–Kier alpha value is -1.11. The maximum atomic E-state index is 13.4. The first kappa shape index (κ1) is 20.9. The largest absolute Gasteiger partial charge is 0.332 e. The molecule has 1 aromatic heterocycles. The van der Waals surface area contributed by atoms with Crippen molar-refractivity contribution in [3.05, 3.63) is 29.8 Å². The van der Waals surface area contributed by atoms with Gasteiger partial charge in [0.1, 0.15) is 5.82 Å². The van der Waals surface area contributed by atoms with E-state index in [1.165, 1.54) is 18.3 Å². The van der Waals surface area contributed by atoms with E-state index in [-0.39, 0.29) is 43.1 Å². The molecule has 0 saturated carbocycles. The van der Waals surface area contributed by atoms with Crippen molar-refractivity contribution in [2.45, 2.75) is 25.8 Å². The van der Waals surface area contributed by atoms with E-state index in [9.17, 15) is 9.18 Å². The Morgan fingerprint density at radius 1 is 1.50 bits per heavy atom. The van der Waals surface area contributed by atoms with E-state index in [4.69, 9.17) is 5.73 Å². The highest BCUT2D eigenvalue weighted by molar-refractivity contribution is 5.85. The summed E-state index contributed by atoms with van der Waals surface area (Å²) in [5, 5.41) is 2.73. The van der Waals surface area contributed by atoms with Crippen LogP contribution in [0.5, 0.6) is 0 Å². The molecule has 2 amide bonds. The summed E-state index contributed by atoms with van der Waals surface area (Å²) in [6, 6.07) is 2.71. The lowest BCUT2D eigenvalue weighted by Crippen LogP contribution is -2.45. The summed E-state index contributed by atoms with van der Waals surface area (Å²) in [6.45, 7) is 2.24. The Bertz CT molecular complexity index is 462. The van der Waals surface area contributed by atoms with E-state index in [0.29, 0.717) is 12.5 Å². The molecule has 0 bridgehead atoms. The number of carbonyl (C=O) groups is 1. The summed E-state index contributed by atoms with van der Waals surface area (Å²) >= 11 is 0. The molecule has 1 atom stereocenters. The van der Waals surface area contributed by atoms with Gasteiger partial charge in [-0.2, -0.15) is 0 Å². The fourth-order valence-corrected chi connectivity index (χ4v) is 2.54. The molecule has 5 nitrogen and oxygen atoms in total. The van der Waals surface area contributed by atoms with Gasteiger partial charge in [0.25, 0.3) is 0 Å². The van der Waals surface area contributed by atoms with Crippen molar-refractivity contribution in [1.29, 1.82) is 0 Å². The highest BCUT2D eigenvalue weighted by atomic mass is 35.5. The van der Waals surface area contributed by atoms with Crippen molar-refractivity contribution in [3.63, 3.8) is 0 Å². The highest BCUT2D eigenvalue weighted by Crippen LogP contribution is 2.18. The molecule has 2 rings (SSSR count). The topological polar surface area (TPSA) is 71.2 Å². The van der Waals surface area contributed by atoms with Gasteiger partial charge in [-0.05, 0) is 43.9 Å². The van der Waals surface area contributed by atoms with Gasteiger partial charge < -0.3 is 16.0 Å². The van der Waals surface area contributed by atoms with Crippen molar-refractivity contribution < 1.29 is 9.18 Å². The second-order valence-electron chi connectivity index (χ2n) is 5.12. The van der Waals surface area contributed by atoms with Crippen molar-refractivity contribution in [1.82, 2.24) is 15.2 Å². The molecule has 2 heterocycles. The summed E-state index contributed by atoms with van der Waals surface area (Å²) in [5.41, 5.74) is 5.82. The van der Waals surface area contributed by atoms with Gasteiger partial charge in [0, 0.05) is 19.3 Å². The molecular weight excluding hydrogens is 330 g/mol. The molecule has 1 aromatic rings. The van der Waals surface area contributed by atoms with Gasteiger partial charge in [-0.3, -0.25) is 4.98 Å². The Morgan fingerprint density at radius 2 is 2.27 bits per heavy atom. The molecule has 8 heteroatoms. The number of pyridine rings is 1. The van der Waals surface area contributed by atoms with Crippen LogP contribution < -0.4 is 11.1 Å². The van der Waals surface area contributed by atoms with Crippen LogP contribution in [0.1, 0.15) is 25.0 Å². The molecule has 3 N–H and O–H groups in total. The molecule has 0 spiro atoms. The Labute approximate surface area is 142 Å². The number of nitrogens with two attached hydrogens (primary N) is 1. The number of amides is 2. The summed E-state index contributed by atoms with van der Waals surface area (Å²) in [6.07, 6.45) is 4.58. The molecular formula is C14H23Cl2FN4O. The third-order valence-corrected chi connectivity index (χ3v) is 3.62. The summed E-state index contributed by atoms with van der Waals surface area (Å²) in [5.74, 6) is 0.0820. The number of nitrogens with one attached hydrogen (secondary N) is 1. The number of aromatic nitrogens is 1. The Morgan fingerprint density at radius 3 is 2.95 bits per heavy atom. The lowest BCUT2D eigenvalue weighted by atomic mass is 9.95. The SMILES string of the molecule is Cl.Cl.NCCC1CCCN(C(=O)NCc2ncccc2F)C1. The van der Waals surface area contributed by atoms with Gasteiger partial charge in [0.2, 0.25) is 0 Å². The number of hydrogen-bond acceptors (Lipinski definition) is 3. The van der Waals surface area contributed by atoms with Crippen LogP contribution in [-0.4, -0.2) is 35.5 Å². The fourth-order valence-electron chi connectivity index (χ4n) is 2.54. The number of rotatable bonds is 4. The zero-order valence-electron chi connectivity index (χ0n) is 12.3. The van der Waals surface area contributed by atoms with E-state index in [1.807, 2.05) is 0 Å². The van der Waals surface area contributed by atoms with Crippen molar-refractivity contribution in [3.8, 4) is 0 Å². The Balaban J connectivity index is 0.00000220. The molecule has 126 valence electrons. The summed E-state index contributed by atoms with van der Waals surface area (Å²) in [7, 11) is 0. The number of halogens is 3. The van der Waals surface area contributed by atoms with Crippen molar-refractivity contribution in [2.75, 3.05) is 19.6 Å². The van der Waals surface area contributed by atoms with Crippen LogP contribution in [0.2, 0.25) is 0 Å². The average molecular weight is 353 g/mol. The number of hydrogen-bond donors (Lipinski definition) is 2. The maximum Gasteiger partial charge on any atom is 0.317 e. The molecule has 0 aliphatic carbocycles. The number of likely N-dealkylation sites (tertiary alicyclic amines) is 1. The van der Waals surface area contributed by atoms with E-state index in [2.05, 4.69) is 10.3 Å². The third kappa shape index (κ3) is 5.94. The number of carbonyl (C=O) groups excluding carboxylic acids is 1. The van der Waals surface area contributed by atoms with Gasteiger partial charge in [-0.1, -0.05) is 0 Å². The molecule has 1 fully saturated rings. The normalized spacial score (nSPS) is 17.2. The first-order chi connectivity index (χ1) is 9.70.